The summed E-state index contributed by atoms with van der Waals surface area (Å²) in [6.07, 6.45) is 3.33. The zero-order valence-electron chi connectivity index (χ0n) is 16.2. The van der Waals surface area contributed by atoms with Gasteiger partial charge in [0.25, 0.3) is 0 Å². The molecule has 0 bridgehead atoms. The van der Waals surface area contributed by atoms with Crippen molar-refractivity contribution in [2.45, 2.75) is 26.8 Å². The summed E-state index contributed by atoms with van der Waals surface area (Å²) in [7, 11) is 0. The number of urea groups is 1. The van der Waals surface area contributed by atoms with Crippen LogP contribution in [0.3, 0.4) is 0 Å². The molecule has 150 valence electrons. The van der Waals surface area contributed by atoms with E-state index in [0.717, 1.165) is 0 Å². The Morgan fingerprint density at radius 3 is 2.29 bits per heavy atom. The van der Waals surface area contributed by atoms with Crippen LogP contribution in [-0.4, -0.2) is 40.7 Å². The van der Waals surface area contributed by atoms with Crippen LogP contribution in [0.1, 0.15) is 26.8 Å². The van der Waals surface area contributed by atoms with Crippen molar-refractivity contribution >= 4 is 29.2 Å². The van der Waals surface area contributed by atoms with Gasteiger partial charge >= 0.3 is 6.03 Å². The predicted octanol–water partition coefficient (Wildman–Crippen LogP) is 1.98. The summed E-state index contributed by atoms with van der Waals surface area (Å²) in [5.41, 5.74) is 1.10. The Bertz CT molecular complexity index is 804. The Kier molecular flexibility index (Phi) is 7.55. The van der Waals surface area contributed by atoms with Crippen LogP contribution in [0.4, 0.5) is 16.2 Å². The van der Waals surface area contributed by atoms with Crippen molar-refractivity contribution in [2.24, 2.45) is 5.92 Å². The minimum atomic E-state index is -0.462. The van der Waals surface area contributed by atoms with E-state index in [1.807, 2.05) is 0 Å². The number of rotatable bonds is 8. The highest BCUT2D eigenvalue weighted by atomic mass is 16.2. The summed E-state index contributed by atoms with van der Waals surface area (Å²) in [6.45, 7) is 6.01. The number of benzene rings is 1. The third kappa shape index (κ3) is 6.42. The van der Waals surface area contributed by atoms with Gasteiger partial charge in [0, 0.05) is 42.8 Å². The minimum Gasteiger partial charge on any atom is -0.354 e. The fraction of sp³-hybridized carbons (Fsp3) is 0.368. The number of nitrogens with zero attached hydrogens (tertiary/aromatic N) is 2. The molecule has 9 nitrogen and oxygen atoms in total. The van der Waals surface area contributed by atoms with E-state index in [0.29, 0.717) is 24.5 Å². The van der Waals surface area contributed by atoms with Crippen LogP contribution in [0.25, 0.3) is 0 Å². The number of hydrogen-bond acceptors (Lipinski definition) is 4. The molecule has 2 rings (SSSR count). The molecule has 4 amide bonds. The molecule has 1 aromatic carbocycles. The highest BCUT2D eigenvalue weighted by molar-refractivity contribution is 5.95. The van der Waals surface area contributed by atoms with Crippen molar-refractivity contribution in [1.82, 2.24) is 20.4 Å². The van der Waals surface area contributed by atoms with Gasteiger partial charge in [0.05, 0.1) is 0 Å². The molecule has 9 heteroatoms. The fourth-order valence-corrected chi connectivity index (χ4v) is 2.29. The highest BCUT2D eigenvalue weighted by Crippen LogP contribution is 2.16. The lowest BCUT2D eigenvalue weighted by molar-refractivity contribution is -0.124. The Morgan fingerprint density at radius 1 is 0.964 bits per heavy atom. The lowest BCUT2D eigenvalue weighted by Gasteiger charge is -2.14. The van der Waals surface area contributed by atoms with Gasteiger partial charge in [-0.05, 0) is 31.2 Å². The smallest absolute Gasteiger partial charge is 0.319 e. The lowest BCUT2D eigenvalue weighted by Crippen LogP contribution is -2.38. The maximum Gasteiger partial charge on any atom is 0.319 e. The van der Waals surface area contributed by atoms with E-state index in [9.17, 15) is 14.4 Å². The van der Waals surface area contributed by atoms with E-state index >= 15 is 0 Å². The van der Waals surface area contributed by atoms with Crippen molar-refractivity contribution in [2.75, 3.05) is 23.7 Å². The SMILES string of the molecule is CC(C)C(=O)NCCNC(=O)Nc1cccc(NC(=O)[C@@H](C)n2cccn2)c1. The molecule has 2 aromatic rings. The second kappa shape index (κ2) is 10.1. The maximum absolute atomic E-state index is 12.3. The standard InChI is InChI=1S/C19H26N6O3/c1-13(2)17(26)20-9-10-21-19(28)24-16-7-4-6-15(12-16)23-18(27)14(3)25-11-5-8-22-25/h4-8,11-14H,9-10H2,1-3H3,(H,20,26)(H,23,27)(H2,21,24,28)/t14-/m1/s1. The molecule has 0 saturated heterocycles. The second-order valence-corrected chi connectivity index (χ2v) is 6.56. The first-order valence-electron chi connectivity index (χ1n) is 9.09. The van der Waals surface area contributed by atoms with Gasteiger partial charge < -0.3 is 21.3 Å². The predicted molar refractivity (Wildman–Crippen MR) is 107 cm³/mol. The third-order valence-corrected chi connectivity index (χ3v) is 3.92. The van der Waals surface area contributed by atoms with E-state index in [2.05, 4.69) is 26.4 Å². The van der Waals surface area contributed by atoms with Gasteiger partial charge in [0.1, 0.15) is 6.04 Å². The molecule has 0 aliphatic heterocycles. The molecule has 0 radical (unpaired) electrons. The van der Waals surface area contributed by atoms with Crippen LogP contribution >= 0.6 is 0 Å². The lowest BCUT2D eigenvalue weighted by atomic mass is 10.2. The van der Waals surface area contributed by atoms with Gasteiger partial charge in [-0.3, -0.25) is 14.3 Å². The highest BCUT2D eigenvalue weighted by Gasteiger charge is 2.15. The fourth-order valence-electron chi connectivity index (χ4n) is 2.29. The molecule has 1 heterocycles. The topological polar surface area (TPSA) is 117 Å². The van der Waals surface area contributed by atoms with E-state index < -0.39 is 12.1 Å². The Morgan fingerprint density at radius 2 is 1.64 bits per heavy atom. The summed E-state index contributed by atoms with van der Waals surface area (Å²) >= 11 is 0. The first kappa shape index (κ1) is 20.9. The average molecular weight is 386 g/mol. The molecule has 0 aliphatic rings. The Labute approximate surface area is 163 Å². The van der Waals surface area contributed by atoms with Crippen molar-refractivity contribution in [3.05, 3.63) is 42.7 Å². The number of hydrogen-bond donors (Lipinski definition) is 4. The molecule has 0 unspecified atom stereocenters. The van der Waals surface area contributed by atoms with Crippen LogP contribution in [0.15, 0.2) is 42.7 Å². The van der Waals surface area contributed by atoms with Gasteiger partial charge in [0.2, 0.25) is 11.8 Å². The first-order chi connectivity index (χ1) is 13.4. The number of carbonyl (C=O) groups is 3. The average Bonchev–Trinajstić information content (AvgIpc) is 3.19. The molecule has 0 aliphatic carbocycles. The molecule has 1 aromatic heterocycles. The quantitative estimate of drug-likeness (QED) is 0.519. The van der Waals surface area contributed by atoms with E-state index in [-0.39, 0.29) is 17.7 Å². The zero-order valence-corrected chi connectivity index (χ0v) is 16.2. The first-order valence-corrected chi connectivity index (χ1v) is 9.09. The zero-order chi connectivity index (χ0) is 20.5. The second-order valence-electron chi connectivity index (χ2n) is 6.56. The molecule has 4 N–H and O–H groups in total. The number of carbonyl (C=O) groups excluding carboxylic acids is 3. The van der Waals surface area contributed by atoms with Crippen LogP contribution in [0.2, 0.25) is 0 Å². The van der Waals surface area contributed by atoms with Gasteiger partial charge in [-0.15, -0.1) is 0 Å². The van der Waals surface area contributed by atoms with Crippen LogP contribution < -0.4 is 21.3 Å². The molecule has 0 spiro atoms. The minimum absolute atomic E-state index is 0.0602. The monoisotopic (exact) mass is 386 g/mol. The number of amides is 4. The Balaban J connectivity index is 1.81. The summed E-state index contributed by atoms with van der Waals surface area (Å²) < 4.78 is 1.56. The van der Waals surface area contributed by atoms with Gasteiger partial charge in [-0.2, -0.15) is 5.10 Å². The summed E-state index contributed by atoms with van der Waals surface area (Å²) in [4.78, 5) is 35.7. The maximum atomic E-state index is 12.3. The van der Waals surface area contributed by atoms with E-state index in [1.165, 1.54) is 0 Å². The van der Waals surface area contributed by atoms with Gasteiger partial charge in [0.15, 0.2) is 0 Å². The number of anilines is 2. The number of aromatic nitrogens is 2. The normalized spacial score (nSPS) is 11.6. The van der Waals surface area contributed by atoms with Crippen molar-refractivity contribution in [1.29, 1.82) is 0 Å². The molecule has 0 saturated carbocycles. The molecule has 0 fully saturated rings. The number of nitrogens with one attached hydrogen (secondary N) is 4. The van der Waals surface area contributed by atoms with Crippen LogP contribution in [0, 0.1) is 5.92 Å². The molecule has 1 atom stereocenters. The van der Waals surface area contributed by atoms with Crippen molar-refractivity contribution < 1.29 is 14.4 Å². The molecular weight excluding hydrogens is 360 g/mol. The summed E-state index contributed by atoms with van der Waals surface area (Å²) in [5.74, 6) is -0.371. The van der Waals surface area contributed by atoms with E-state index in [1.54, 1.807) is 68.2 Å². The van der Waals surface area contributed by atoms with Gasteiger partial charge in [-0.1, -0.05) is 19.9 Å². The molecule has 28 heavy (non-hydrogen) atoms. The van der Waals surface area contributed by atoms with Crippen molar-refractivity contribution in [3.8, 4) is 0 Å². The van der Waals surface area contributed by atoms with Crippen LogP contribution in [-0.2, 0) is 9.59 Å². The molecular formula is C19H26N6O3. The van der Waals surface area contributed by atoms with Gasteiger partial charge in [-0.25, -0.2) is 4.79 Å². The summed E-state index contributed by atoms with van der Waals surface area (Å²) in [5, 5.41) is 14.9. The largest absolute Gasteiger partial charge is 0.354 e. The van der Waals surface area contributed by atoms with Crippen molar-refractivity contribution in [3.63, 3.8) is 0 Å². The Hall–Kier alpha value is -3.36. The van der Waals surface area contributed by atoms with E-state index in [4.69, 9.17) is 0 Å². The summed E-state index contributed by atoms with van der Waals surface area (Å²) in [6, 6.07) is 7.73. The third-order valence-electron chi connectivity index (χ3n) is 3.92. The van der Waals surface area contributed by atoms with Crippen LogP contribution in [0.5, 0.6) is 0 Å².